The van der Waals surface area contributed by atoms with Gasteiger partial charge in [0.1, 0.15) is 0 Å². The van der Waals surface area contributed by atoms with Gasteiger partial charge in [0.15, 0.2) is 0 Å². The molecule has 2 rings (SSSR count). The van der Waals surface area contributed by atoms with Gasteiger partial charge in [0.2, 0.25) is 0 Å². The number of hydrogen-bond acceptors (Lipinski definition) is 3. The number of likely N-dealkylation sites (N-methyl/N-ethyl adjacent to an activating group) is 1. The Balaban J connectivity index is 0.000000956. The first-order chi connectivity index (χ1) is 9.81. The summed E-state index contributed by atoms with van der Waals surface area (Å²) in [6.07, 6.45) is 0. The summed E-state index contributed by atoms with van der Waals surface area (Å²) in [5.74, 6) is 0. The summed E-state index contributed by atoms with van der Waals surface area (Å²) in [6.45, 7) is 12.2. The zero-order valence-electron chi connectivity index (χ0n) is 13.5. The van der Waals surface area contributed by atoms with Gasteiger partial charge < -0.3 is 4.74 Å². The molecule has 0 aromatic heterocycles. The smallest absolute Gasteiger partial charge is 0.0594 e. The highest BCUT2D eigenvalue weighted by Crippen LogP contribution is 2.20. The molecule has 0 saturated carbocycles. The average molecular weight is 278 g/mol. The molecule has 1 atom stereocenters. The molecule has 1 aromatic rings. The Hall–Kier alpha value is -0.900. The Morgan fingerprint density at radius 3 is 2.30 bits per heavy atom. The lowest BCUT2D eigenvalue weighted by atomic mass is 10.0. The van der Waals surface area contributed by atoms with Crippen LogP contribution >= 0.6 is 0 Å². The molecule has 20 heavy (non-hydrogen) atoms. The Kier molecular flexibility index (Phi) is 8.51. The van der Waals surface area contributed by atoms with Gasteiger partial charge in [0, 0.05) is 25.7 Å². The van der Waals surface area contributed by atoms with E-state index >= 15 is 0 Å². The molecule has 0 amide bonds. The highest BCUT2D eigenvalue weighted by Gasteiger charge is 2.20. The molecule has 1 aromatic carbocycles. The van der Waals surface area contributed by atoms with Crippen molar-refractivity contribution in [3.8, 4) is 0 Å². The second kappa shape index (κ2) is 9.92. The van der Waals surface area contributed by atoms with E-state index < -0.39 is 0 Å². The quantitative estimate of drug-likeness (QED) is 0.823. The molecule has 0 spiro atoms. The van der Waals surface area contributed by atoms with Crippen LogP contribution in [0.15, 0.2) is 30.3 Å². The summed E-state index contributed by atoms with van der Waals surface area (Å²) < 4.78 is 5.42. The maximum atomic E-state index is 5.42. The minimum absolute atomic E-state index is 0.481. The molecule has 0 bridgehead atoms. The first-order valence-electron chi connectivity index (χ1n) is 7.86. The lowest BCUT2D eigenvalue weighted by Gasteiger charge is -2.34. The monoisotopic (exact) mass is 278 g/mol. The van der Waals surface area contributed by atoms with E-state index in [9.17, 15) is 0 Å². The van der Waals surface area contributed by atoms with Gasteiger partial charge in [-0.3, -0.25) is 9.80 Å². The second-order valence-electron chi connectivity index (χ2n) is 4.91. The van der Waals surface area contributed by atoms with Crippen LogP contribution in [0.5, 0.6) is 0 Å². The minimum atomic E-state index is 0.481. The highest BCUT2D eigenvalue weighted by molar-refractivity contribution is 5.19. The van der Waals surface area contributed by atoms with Crippen molar-refractivity contribution in [2.75, 3.05) is 46.4 Å². The van der Waals surface area contributed by atoms with Crippen LogP contribution in [0.4, 0.5) is 0 Å². The lowest BCUT2D eigenvalue weighted by molar-refractivity contribution is 0.0252. The number of hydrogen-bond donors (Lipinski definition) is 0. The first kappa shape index (κ1) is 17.2. The number of benzene rings is 1. The summed E-state index contributed by atoms with van der Waals surface area (Å²) in [5.41, 5.74) is 1.41. The highest BCUT2D eigenvalue weighted by atomic mass is 16.5. The summed E-state index contributed by atoms with van der Waals surface area (Å²) in [4.78, 5) is 4.93. The van der Waals surface area contributed by atoms with E-state index in [0.717, 1.165) is 39.4 Å². The van der Waals surface area contributed by atoms with Gasteiger partial charge in [-0.15, -0.1) is 0 Å². The molecule has 1 aliphatic rings. The third kappa shape index (κ3) is 5.23. The summed E-state index contributed by atoms with van der Waals surface area (Å²) in [5, 5.41) is 0. The van der Waals surface area contributed by atoms with E-state index in [-0.39, 0.29) is 0 Å². The Morgan fingerprint density at radius 2 is 1.75 bits per heavy atom. The molecule has 0 aliphatic carbocycles. The third-order valence-electron chi connectivity index (χ3n) is 3.75. The summed E-state index contributed by atoms with van der Waals surface area (Å²) in [7, 11) is 2.21. The Labute approximate surface area is 124 Å². The predicted molar refractivity (Wildman–Crippen MR) is 86.1 cm³/mol. The minimum Gasteiger partial charge on any atom is -0.379 e. The fourth-order valence-corrected chi connectivity index (χ4v) is 2.42. The lowest BCUT2D eigenvalue weighted by Crippen LogP contribution is -2.42. The van der Waals surface area contributed by atoms with E-state index in [0.29, 0.717) is 6.04 Å². The van der Waals surface area contributed by atoms with E-state index in [1.54, 1.807) is 0 Å². The van der Waals surface area contributed by atoms with Crippen molar-refractivity contribution in [3.63, 3.8) is 0 Å². The second-order valence-corrected chi connectivity index (χ2v) is 4.91. The van der Waals surface area contributed by atoms with Gasteiger partial charge in [-0.2, -0.15) is 0 Å². The maximum Gasteiger partial charge on any atom is 0.0594 e. The van der Waals surface area contributed by atoms with Crippen molar-refractivity contribution in [3.05, 3.63) is 35.9 Å². The molecule has 114 valence electrons. The van der Waals surface area contributed by atoms with Gasteiger partial charge in [0.25, 0.3) is 0 Å². The van der Waals surface area contributed by atoms with E-state index in [1.165, 1.54) is 5.56 Å². The van der Waals surface area contributed by atoms with Gasteiger partial charge in [0.05, 0.1) is 13.2 Å². The Morgan fingerprint density at radius 1 is 1.15 bits per heavy atom. The number of nitrogens with zero attached hydrogens (tertiary/aromatic N) is 2. The standard InChI is InChI=1S/C15H24N2O.C2H6/c1-3-16(2)15(14-7-5-4-6-8-14)13-17-9-11-18-12-10-17;1-2/h4-8,15H,3,9-13H2,1-2H3;1-2H3. The summed E-state index contributed by atoms with van der Waals surface area (Å²) >= 11 is 0. The van der Waals surface area contributed by atoms with Crippen LogP contribution in [0.25, 0.3) is 0 Å². The van der Waals surface area contributed by atoms with Crippen molar-refractivity contribution in [2.24, 2.45) is 0 Å². The molecule has 3 nitrogen and oxygen atoms in total. The number of morpholine rings is 1. The topological polar surface area (TPSA) is 15.7 Å². The van der Waals surface area contributed by atoms with Crippen LogP contribution in [0, 0.1) is 0 Å². The van der Waals surface area contributed by atoms with Crippen LogP contribution in [0.1, 0.15) is 32.4 Å². The van der Waals surface area contributed by atoms with Crippen LogP contribution in [-0.2, 0) is 4.74 Å². The van der Waals surface area contributed by atoms with E-state index in [1.807, 2.05) is 13.8 Å². The van der Waals surface area contributed by atoms with Crippen molar-refractivity contribution >= 4 is 0 Å². The molecular formula is C17H30N2O. The first-order valence-corrected chi connectivity index (χ1v) is 7.86. The number of ether oxygens (including phenoxy) is 1. The van der Waals surface area contributed by atoms with E-state index in [2.05, 4.69) is 54.1 Å². The molecule has 0 N–H and O–H groups in total. The Bertz CT molecular complexity index is 336. The predicted octanol–water partition coefficient (Wildman–Crippen LogP) is 3.04. The van der Waals surface area contributed by atoms with Gasteiger partial charge >= 0.3 is 0 Å². The summed E-state index contributed by atoms with van der Waals surface area (Å²) in [6, 6.07) is 11.3. The van der Waals surface area contributed by atoms with Gasteiger partial charge in [-0.1, -0.05) is 51.1 Å². The fourth-order valence-electron chi connectivity index (χ4n) is 2.42. The van der Waals surface area contributed by atoms with Crippen LogP contribution < -0.4 is 0 Å². The molecule has 0 radical (unpaired) electrons. The third-order valence-corrected chi connectivity index (χ3v) is 3.75. The van der Waals surface area contributed by atoms with Crippen molar-refractivity contribution < 1.29 is 4.74 Å². The van der Waals surface area contributed by atoms with Crippen molar-refractivity contribution in [1.82, 2.24) is 9.80 Å². The van der Waals surface area contributed by atoms with Crippen LogP contribution in [-0.4, -0.2) is 56.2 Å². The van der Waals surface area contributed by atoms with Gasteiger partial charge in [-0.05, 0) is 19.2 Å². The average Bonchev–Trinajstić information content (AvgIpc) is 2.55. The zero-order valence-corrected chi connectivity index (χ0v) is 13.5. The van der Waals surface area contributed by atoms with Crippen LogP contribution in [0.2, 0.25) is 0 Å². The molecule has 1 heterocycles. The van der Waals surface area contributed by atoms with Crippen molar-refractivity contribution in [1.29, 1.82) is 0 Å². The molecule has 1 saturated heterocycles. The fraction of sp³-hybridized carbons (Fsp3) is 0.647. The SMILES string of the molecule is CC.CCN(C)C(CN1CCOCC1)c1ccccc1. The normalized spacial score (nSPS) is 17.4. The van der Waals surface area contributed by atoms with E-state index in [4.69, 9.17) is 4.74 Å². The largest absolute Gasteiger partial charge is 0.379 e. The molecule has 3 heteroatoms. The molecule has 1 unspecified atom stereocenters. The molecule has 1 fully saturated rings. The maximum absolute atomic E-state index is 5.42. The van der Waals surface area contributed by atoms with Crippen molar-refractivity contribution in [2.45, 2.75) is 26.8 Å². The zero-order chi connectivity index (χ0) is 14.8. The van der Waals surface area contributed by atoms with Crippen LogP contribution in [0.3, 0.4) is 0 Å². The van der Waals surface area contributed by atoms with Gasteiger partial charge in [-0.25, -0.2) is 0 Å². The molecular weight excluding hydrogens is 248 g/mol. The molecule has 1 aliphatic heterocycles. The number of rotatable bonds is 5.